The van der Waals surface area contributed by atoms with Gasteiger partial charge in [0.2, 0.25) is 0 Å². The van der Waals surface area contributed by atoms with Crippen LogP contribution in [0.2, 0.25) is 0 Å². The van der Waals surface area contributed by atoms with Crippen LogP contribution < -0.4 is 5.01 Å². The fraction of sp³-hybridized carbons (Fsp3) is 0.286. The first-order chi connectivity index (χ1) is 14.1. The summed E-state index contributed by atoms with van der Waals surface area (Å²) >= 11 is 0. The van der Waals surface area contributed by atoms with Gasteiger partial charge in [0.15, 0.2) is 0 Å². The van der Waals surface area contributed by atoms with E-state index in [9.17, 15) is 14.0 Å². The van der Waals surface area contributed by atoms with E-state index in [0.29, 0.717) is 24.2 Å². The molecule has 2 aromatic carbocycles. The van der Waals surface area contributed by atoms with Gasteiger partial charge >= 0.3 is 0 Å². The van der Waals surface area contributed by atoms with E-state index in [0.717, 1.165) is 37.1 Å². The molecule has 0 atom stereocenters. The quantitative estimate of drug-likeness (QED) is 0.632. The number of rotatable bonds is 4. The molecule has 0 unspecified atom stereocenters. The molecule has 7 nitrogen and oxygen atoms in total. The van der Waals surface area contributed by atoms with E-state index >= 15 is 0 Å². The van der Waals surface area contributed by atoms with E-state index in [-0.39, 0.29) is 17.6 Å². The highest BCUT2D eigenvalue weighted by Gasteiger charge is 2.35. The lowest BCUT2D eigenvalue weighted by Crippen LogP contribution is -2.53. The Balaban J connectivity index is 1.20. The van der Waals surface area contributed by atoms with Crippen molar-refractivity contribution in [2.75, 3.05) is 44.3 Å². The molecule has 3 heterocycles. The minimum atomic E-state index is -0.279. The van der Waals surface area contributed by atoms with Crippen LogP contribution >= 0.6 is 0 Å². The smallest absolute Gasteiger partial charge is 0.261 e. The third-order valence-electron chi connectivity index (χ3n) is 5.65. The highest BCUT2D eigenvalue weighted by Crippen LogP contribution is 2.22. The lowest BCUT2D eigenvalue weighted by atomic mass is 10.1. The molecule has 148 valence electrons. The van der Waals surface area contributed by atoms with Gasteiger partial charge < -0.3 is 0 Å². The fourth-order valence-electron chi connectivity index (χ4n) is 4.04. The number of hydrogen-bond acceptors (Lipinski definition) is 5. The lowest BCUT2D eigenvalue weighted by molar-refractivity contribution is 0.0633. The average Bonchev–Trinajstić information content (AvgIpc) is 3.26. The van der Waals surface area contributed by atoms with E-state index in [1.807, 2.05) is 0 Å². The molecule has 0 spiro atoms. The van der Waals surface area contributed by atoms with Crippen molar-refractivity contribution in [2.24, 2.45) is 0 Å². The van der Waals surface area contributed by atoms with E-state index < -0.39 is 0 Å². The van der Waals surface area contributed by atoms with Crippen molar-refractivity contribution in [3.8, 4) is 0 Å². The van der Waals surface area contributed by atoms with Gasteiger partial charge in [-0.1, -0.05) is 12.1 Å². The zero-order chi connectivity index (χ0) is 20.0. The lowest BCUT2D eigenvalue weighted by Gasteiger charge is -2.36. The second kappa shape index (κ2) is 6.97. The van der Waals surface area contributed by atoms with E-state index in [1.165, 1.54) is 17.0 Å². The standard InChI is InChI=1S/C21H20FN5O2/c22-16-6-5-15-14-23-27(19(15)13-16)25-10-7-24(8-11-25)9-12-26-20(28)17-3-1-2-4-18(17)21(26)29/h1-6,13-14H,7-12H2. The number of benzene rings is 2. The largest absolute Gasteiger partial charge is 0.298 e. The third-order valence-corrected chi connectivity index (χ3v) is 5.65. The van der Waals surface area contributed by atoms with Crippen LogP contribution in [0.5, 0.6) is 0 Å². The zero-order valence-electron chi connectivity index (χ0n) is 15.8. The van der Waals surface area contributed by atoms with Crippen LogP contribution in [0.25, 0.3) is 10.9 Å². The SMILES string of the molecule is O=C1c2ccccc2C(=O)N1CCN1CCN(n2ncc3ccc(F)cc32)CC1. The minimum absolute atomic E-state index is 0.214. The molecule has 29 heavy (non-hydrogen) atoms. The second-order valence-corrected chi connectivity index (χ2v) is 7.34. The molecule has 0 radical (unpaired) electrons. The number of fused-ring (bicyclic) bond motifs is 2. The van der Waals surface area contributed by atoms with E-state index in [4.69, 9.17) is 0 Å². The summed E-state index contributed by atoms with van der Waals surface area (Å²) in [6.07, 6.45) is 1.74. The Labute approximate surface area is 166 Å². The number of aromatic nitrogens is 2. The van der Waals surface area contributed by atoms with Gasteiger partial charge in [0, 0.05) is 50.7 Å². The average molecular weight is 393 g/mol. The topological polar surface area (TPSA) is 61.7 Å². The maximum atomic E-state index is 13.6. The number of nitrogens with zero attached hydrogens (tertiary/aromatic N) is 5. The van der Waals surface area contributed by atoms with Crippen molar-refractivity contribution in [1.82, 2.24) is 19.7 Å². The van der Waals surface area contributed by atoms with Crippen molar-refractivity contribution in [2.45, 2.75) is 0 Å². The van der Waals surface area contributed by atoms with Crippen molar-refractivity contribution in [3.63, 3.8) is 0 Å². The normalized spacial score (nSPS) is 17.4. The van der Waals surface area contributed by atoms with Crippen LogP contribution in [0.15, 0.2) is 48.7 Å². The number of hydrogen-bond donors (Lipinski definition) is 0. The molecule has 2 aliphatic heterocycles. The molecule has 1 aromatic heterocycles. The Bertz CT molecular complexity index is 1070. The van der Waals surface area contributed by atoms with Crippen molar-refractivity contribution in [3.05, 3.63) is 65.6 Å². The van der Waals surface area contributed by atoms with Crippen LogP contribution in [-0.4, -0.2) is 70.8 Å². The maximum absolute atomic E-state index is 13.6. The molecular formula is C21H20FN5O2. The molecule has 2 aliphatic rings. The number of halogens is 1. The summed E-state index contributed by atoms with van der Waals surface area (Å²) in [5, 5.41) is 7.38. The molecule has 5 rings (SSSR count). The summed E-state index contributed by atoms with van der Waals surface area (Å²) in [6.45, 7) is 4.03. The predicted molar refractivity (Wildman–Crippen MR) is 106 cm³/mol. The molecule has 3 aromatic rings. The van der Waals surface area contributed by atoms with Crippen LogP contribution in [0, 0.1) is 5.82 Å². The number of carbonyl (C=O) groups excluding carboxylic acids is 2. The van der Waals surface area contributed by atoms with Crippen LogP contribution in [0.3, 0.4) is 0 Å². The van der Waals surface area contributed by atoms with Gasteiger partial charge in [-0.25, -0.2) is 4.39 Å². The molecule has 0 saturated carbocycles. The number of amides is 2. The molecule has 8 heteroatoms. The molecule has 1 fully saturated rings. The van der Waals surface area contributed by atoms with Gasteiger partial charge in [-0.15, -0.1) is 0 Å². The summed E-state index contributed by atoms with van der Waals surface area (Å²) in [7, 11) is 0. The first-order valence-corrected chi connectivity index (χ1v) is 9.68. The highest BCUT2D eigenvalue weighted by molar-refractivity contribution is 6.21. The summed E-state index contributed by atoms with van der Waals surface area (Å²) in [6, 6.07) is 11.6. The Kier molecular flexibility index (Phi) is 4.28. The molecule has 0 N–H and O–H groups in total. The Morgan fingerprint density at radius 2 is 1.59 bits per heavy atom. The summed E-state index contributed by atoms with van der Waals surface area (Å²) in [5.41, 5.74) is 1.73. The summed E-state index contributed by atoms with van der Waals surface area (Å²) < 4.78 is 13.6. The second-order valence-electron chi connectivity index (χ2n) is 7.34. The van der Waals surface area contributed by atoms with Crippen LogP contribution in [0.1, 0.15) is 20.7 Å². The molecule has 2 amide bonds. The van der Waals surface area contributed by atoms with Crippen molar-refractivity contribution < 1.29 is 14.0 Å². The number of imide groups is 1. The van der Waals surface area contributed by atoms with Gasteiger partial charge in [0.05, 0.1) is 22.8 Å². The first-order valence-electron chi connectivity index (χ1n) is 9.68. The number of piperazine rings is 1. The fourth-order valence-corrected chi connectivity index (χ4v) is 4.04. The predicted octanol–water partition coefficient (Wildman–Crippen LogP) is 1.73. The van der Waals surface area contributed by atoms with E-state index in [1.54, 1.807) is 41.3 Å². The molecule has 0 aliphatic carbocycles. The monoisotopic (exact) mass is 393 g/mol. The maximum Gasteiger partial charge on any atom is 0.261 e. The van der Waals surface area contributed by atoms with Crippen LogP contribution in [-0.2, 0) is 0 Å². The molecule has 1 saturated heterocycles. The number of carbonyl (C=O) groups is 2. The highest BCUT2D eigenvalue weighted by atomic mass is 19.1. The van der Waals surface area contributed by atoms with Gasteiger partial charge in [-0.3, -0.25) is 24.4 Å². The van der Waals surface area contributed by atoms with Crippen molar-refractivity contribution in [1.29, 1.82) is 0 Å². The van der Waals surface area contributed by atoms with Gasteiger partial charge in [0.25, 0.3) is 11.8 Å². The van der Waals surface area contributed by atoms with E-state index in [2.05, 4.69) is 15.0 Å². The van der Waals surface area contributed by atoms with Gasteiger partial charge in [-0.05, 0) is 24.3 Å². The Morgan fingerprint density at radius 3 is 2.28 bits per heavy atom. The zero-order valence-corrected chi connectivity index (χ0v) is 15.8. The van der Waals surface area contributed by atoms with Crippen molar-refractivity contribution >= 4 is 22.7 Å². The van der Waals surface area contributed by atoms with Gasteiger partial charge in [0.1, 0.15) is 5.82 Å². The Morgan fingerprint density at radius 1 is 0.897 bits per heavy atom. The Hall–Kier alpha value is -3.26. The third kappa shape index (κ3) is 3.05. The molecule has 0 bridgehead atoms. The first kappa shape index (κ1) is 17.8. The molecular weight excluding hydrogens is 373 g/mol. The minimum Gasteiger partial charge on any atom is -0.298 e. The summed E-state index contributed by atoms with van der Waals surface area (Å²) in [5.74, 6) is -0.706. The summed E-state index contributed by atoms with van der Waals surface area (Å²) in [4.78, 5) is 30.3. The van der Waals surface area contributed by atoms with Crippen LogP contribution in [0.4, 0.5) is 4.39 Å². The van der Waals surface area contributed by atoms with Gasteiger partial charge in [-0.2, -0.15) is 9.89 Å².